The predicted molar refractivity (Wildman–Crippen MR) is 190 cm³/mol. The first kappa shape index (κ1) is 37.9. The lowest BCUT2D eigenvalue weighted by atomic mass is 9.98. The standard InChI is InChI=1S/C35H57NO6SSi2/c1-25(2)34(5,6)44(9,10)40-24-29-31(39-23-27-19-15-13-16-20-27)32(42-45(11,12)35(7,8)26(3)4)30(36(37)38)33(41-29)43-28-21-17-14-18-22-28/h13-22,25-26,29-33H,23-24H2,1-12H3/t29-,30-,31+,32-,33+/m1/s1. The summed E-state index contributed by atoms with van der Waals surface area (Å²) in [5, 5.41) is 12.9. The summed E-state index contributed by atoms with van der Waals surface area (Å²) < 4.78 is 27.4. The van der Waals surface area contributed by atoms with Crippen LogP contribution in [0.2, 0.25) is 36.3 Å². The summed E-state index contributed by atoms with van der Waals surface area (Å²) in [6, 6.07) is 18.5. The zero-order chi connectivity index (χ0) is 33.8. The van der Waals surface area contributed by atoms with Crippen molar-refractivity contribution in [1.82, 2.24) is 0 Å². The van der Waals surface area contributed by atoms with Crippen molar-refractivity contribution in [2.75, 3.05) is 6.61 Å². The first-order valence-electron chi connectivity index (χ1n) is 16.3. The van der Waals surface area contributed by atoms with Gasteiger partial charge in [0.1, 0.15) is 18.3 Å². The first-order chi connectivity index (χ1) is 20.8. The molecule has 1 aliphatic rings. The second-order valence-corrected chi connectivity index (χ2v) is 25.5. The second kappa shape index (κ2) is 15.1. The van der Waals surface area contributed by atoms with Crippen molar-refractivity contribution in [1.29, 1.82) is 0 Å². The van der Waals surface area contributed by atoms with Gasteiger partial charge in [-0.1, -0.05) is 116 Å². The molecule has 0 unspecified atom stereocenters. The average Bonchev–Trinajstić information content (AvgIpc) is 2.96. The fourth-order valence-corrected chi connectivity index (χ4v) is 11.6. The molecule has 0 amide bonds. The molecule has 0 radical (unpaired) electrons. The van der Waals surface area contributed by atoms with Crippen LogP contribution in [0.3, 0.4) is 0 Å². The normalized spacial score (nSPS) is 23.5. The van der Waals surface area contributed by atoms with E-state index in [9.17, 15) is 10.1 Å². The molecule has 1 saturated heterocycles. The van der Waals surface area contributed by atoms with Crippen LogP contribution >= 0.6 is 11.8 Å². The van der Waals surface area contributed by atoms with E-state index in [1.165, 1.54) is 11.8 Å². The van der Waals surface area contributed by atoms with Crippen molar-refractivity contribution in [2.45, 2.75) is 133 Å². The van der Waals surface area contributed by atoms with Crippen molar-refractivity contribution >= 4 is 28.4 Å². The van der Waals surface area contributed by atoms with Crippen LogP contribution in [0.4, 0.5) is 0 Å². The van der Waals surface area contributed by atoms with Gasteiger partial charge in [0, 0.05) is 9.82 Å². The van der Waals surface area contributed by atoms with Crippen LogP contribution in [0.1, 0.15) is 61.0 Å². The summed E-state index contributed by atoms with van der Waals surface area (Å²) in [5.74, 6) is 0.758. The molecule has 0 saturated carbocycles. The Labute approximate surface area is 278 Å². The SMILES string of the molecule is CC(C)C(C)(C)[Si](C)(C)OC[C@H]1O[C@@H](Sc2ccccc2)[C@H]([N+](=O)[O-])[C@@H](O[Si](C)(C)C(C)(C)C(C)C)[C@H]1OCc1ccccc1. The third-order valence-electron chi connectivity index (χ3n) is 11.2. The van der Waals surface area contributed by atoms with Gasteiger partial charge in [0.2, 0.25) is 0 Å². The Balaban J connectivity index is 2.11. The van der Waals surface area contributed by atoms with Crippen LogP contribution in [0.25, 0.3) is 0 Å². The number of hydrogen-bond acceptors (Lipinski definition) is 7. The summed E-state index contributed by atoms with van der Waals surface area (Å²) in [7, 11) is -4.81. The van der Waals surface area contributed by atoms with E-state index in [0.29, 0.717) is 18.4 Å². The van der Waals surface area contributed by atoms with Crippen LogP contribution in [0, 0.1) is 22.0 Å². The minimum atomic E-state index is -2.56. The van der Waals surface area contributed by atoms with Gasteiger partial charge in [-0.25, -0.2) is 0 Å². The number of thioether (sulfide) groups is 1. The van der Waals surface area contributed by atoms with E-state index < -0.39 is 46.4 Å². The summed E-state index contributed by atoms with van der Waals surface area (Å²) in [5.41, 5.74) is 0.205. The molecule has 1 heterocycles. The van der Waals surface area contributed by atoms with Crippen molar-refractivity contribution < 1.29 is 23.2 Å². The molecular formula is C35H57NO6SSi2. The molecule has 0 N–H and O–H groups in total. The fraction of sp³-hybridized carbons (Fsp3) is 0.657. The summed E-state index contributed by atoms with van der Waals surface area (Å²) >= 11 is 1.38. The highest BCUT2D eigenvalue weighted by atomic mass is 32.2. The Hall–Kier alpha value is -1.54. The summed E-state index contributed by atoms with van der Waals surface area (Å²) in [4.78, 5) is 13.7. The monoisotopic (exact) mass is 675 g/mol. The Morgan fingerprint density at radius 2 is 1.36 bits per heavy atom. The maximum absolute atomic E-state index is 13.1. The fourth-order valence-electron chi connectivity index (χ4n) is 5.44. The average molecular weight is 676 g/mol. The summed E-state index contributed by atoms with van der Waals surface area (Å²) in [6.45, 7) is 27.3. The minimum Gasteiger partial charge on any atom is -0.414 e. The Kier molecular flexibility index (Phi) is 12.7. The molecule has 0 aliphatic carbocycles. The molecule has 1 fully saturated rings. The third-order valence-corrected chi connectivity index (χ3v) is 21.4. The molecule has 252 valence electrons. The first-order valence-corrected chi connectivity index (χ1v) is 23.0. The summed E-state index contributed by atoms with van der Waals surface area (Å²) in [6.07, 6.45) is -2.08. The van der Waals surface area contributed by atoms with Gasteiger partial charge in [-0.15, -0.1) is 0 Å². The highest BCUT2D eigenvalue weighted by Gasteiger charge is 2.58. The quantitative estimate of drug-likeness (QED) is 0.106. The molecule has 2 aromatic rings. The van der Waals surface area contributed by atoms with E-state index in [4.69, 9.17) is 18.3 Å². The molecule has 3 rings (SSSR count). The number of nitrogens with zero attached hydrogens (tertiary/aromatic N) is 1. The lowest BCUT2D eigenvalue weighted by Crippen LogP contribution is -2.65. The highest BCUT2D eigenvalue weighted by molar-refractivity contribution is 7.99. The second-order valence-electron chi connectivity index (χ2n) is 15.2. The molecule has 0 spiro atoms. The van der Waals surface area contributed by atoms with Crippen LogP contribution in [-0.4, -0.2) is 58.0 Å². The Morgan fingerprint density at radius 3 is 1.87 bits per heavy atom. The topological polar surface area (TPSA) is 80.1 Å². The zero-order valence-corrected chi connectivity index (χ0v) is 32.4. The molecular weight excluding hydrogens is 619 g/mol. The van der Waals surface area contributed by atoms with Gasteiger partial charge in [0.15, 0.2) is 22.1 Å². The highest BCUT2D eigenvalue weighted by Crippen LogP contribution is 2.48. The molecule has 2 aromatic carbocycles. The lowest BCUT2D eigenvalue weighted by Gasteiger charge is -2.50. The van der Waals surface area contributed by atoms with Gasteiger partial charge in [0.25, 0.3) is 6.04 Å². The van der Waals surface area contributed by atoms with Gasteiger partial charge in [-0.05, 0) is 65.8 Å². The largest absolute Gasteiger partial charge is 0.414 e. The van der Waals surface area contributed by atoms with E-state index in [1.807, 2.05) is 60.7 Å². The molecule has 5 atom stereocenters. The van der Waals surface area contributed by atoms with E-state index in [2.05, 4.69) is 81.6 Å². The van der Waals surface area contributed by atoms with Crippen LogP contribution < -0.4 is 0 Å². The van der Waals surface area contributed by atoms with E-state index in [1.54, 1.807) is 0 Å². The van der Waals surface area contributed by atoms with Gasteiger partial charge in [0.05, 0.1) is 13.2 Å². The van der Waals surface area contributed by atoms with Crippen LogP contribution in [0.5, 0.6) is 0 Å². The predicted octanol–water partition coefficient (Wildman–Crippen LogP) is 9.42. The van der Waals surface area contributed by atoms with Gasteiger partial charge in [-0.2, -0.15) is 0 Å². The molecule has 0 bridgehead atoms. The number of benzene rings is 2. The number of nitro groups is 1. The minimum absolute atomic E-state index is 0.00425. The van der Waals surface area contributed by atoms with Crippen molar-refractivity contribution in [3.63, 3.8) is 0 Å². The van der Waals surface area contributed by atoms with E-state index in [0.717, 1.165) is 10.5 Å². The smallest absolute Gasteiger partial charge is 0.275 e. The lowest BCUT2D eigenvalue weighted by molar-refractivity contribution is -0.551. The van der Waals surface area contributed by atoms with E-state index in [-0.39, 0.29) is 21.6 Å². The number of ether oxygens (including phenoxy) is 2. The van der Waals surface area contributed by atoms with Gasteiger partial charge < -0.3 is 18.3 Å². The molecule has 1 aliphatic heterocycles. The van der Waals surface area contributed by atoms with Gasteiger partial charge in [-0.3, -0.25) is 10.1 Å². The van der Waals surface area contributed by atoms with Crippen LogP contribution in [-0.2, 0) is 24.9 Å². The maximum Gasteiger partial charge on any atom is 0.275 e. The number of rotatable bonds is 15. The maximum atomic E-state index is 13.1. The third kappa shape index (κ3) is 8.88. The zero-order valence-electron chi connectivity index (χ0n) is 29.5. The molecule has 7 nitrogen and oxygen atoms in total. The van der Waals surface area contributed by atoms with Crippen molar-refractivity contribution in [3.05, 3.63) is 76.3 Å². The Morgan fingerprint density at radius 1 is 0.844 bits per heavy atom. The van der Waals surface area contributed by atoms with E-state index >= 15 is 0 Å². The number of hydrogen-bond donors (Lipinski definition) is 0. The Bertz CT molecular complexity index is 1230. The van der Waals surface area contributed by atoms with Crippen LogP contribution in [0.15, 0.2) is 65.6 Å². The van der Waals surface area contributed by atoms with Crippen molar-refractivity contribution in [2.24, 2.45) is 11.8 Å². The molecule has 10 heteroatoms. The molecule has 0 aromatic heterocycles. The van der Waals surface area contributed by atoms with Crippen molar-refractivity contribution in [3.8, 4) is 0 Å². The van der Waals surface area contributed by atoms with Gasteiger partial charge >= 0.3 is 0 Å². The molecule has 45 heavy (non-hydrogen) atoms.